The summed E-state index contributed by atoms with van der Waals surface area (Å²) in [4.78, 5) is 10.2. The summed E-state index contributed by atoms with van der Waals surface area (Å²) in [5, 5.41) is 19.6. The Hall–Kier alpha value is -2.78. The number of anilines is 1. The average molecular weight is 320 g/mol. The van der Waals surface area contributed by atoms with Crippen LogP contribution in [0.15, 0.2) is 58.5 Å². The van der Waals surface area contributed by atoms with Gasteiger partial charge < -0.3 is 0 Å². The number of nitrogens with one attached hydrogen (secondary N) is 1. The summed E-state index contributed by atoms with van der Waals surface area (Å²) in [5.74, 6) is 0. The highest BCUT2D eigenvalue weighted by Crippen LogP contribution is 2.13. The molecule has 0 heterocycles. The van der Waals surface area contributed by atoms with Gasteiger partial charge in [0.2, 0.25) is 10.0 Å². The fraction of sp³-hybridized carbons (Fsp3) is 0. The van der Waals surface area contributed by atoms with Crippen molar-refractivity contribution in [1.29, 1.82) is 0 Å². The van der Waals surface area contributed by atoms with Crippen LogP contribution < -0.4 is 10.6 Å². The standard InChI is InChI=1S/C13H12N4O4S/c14-22(20,21)13-6-4-11(5-7-13)16-15-9-10-2-1-3-12(8-10)17(18)19/h1-9,16H,(H2,14,20,21). The van der Waals surface area contributed by atoms with E-state index in [1.165, 1.54) is 42.6 Å². The van der Waals surface area contributed by atoms with Gasteiger partial charge in [-0.3, -0.25) is 15.5 Å². The SMILES string of the molecule is NS(=O)(=O)c1ccc(NN=Cc2cccc([N+](=O)[O-])c2)cc1. The Labute approximate surface area is 126 Å². The highest BCUT2D eigenvalue weighted by molar-refractivity contribution is 7.89. The molecule has 0 spiro atoms. The number of nitro benzene ring substituents is 1. The van der Waals surface area contributed by atoms with Crippen LogP contribution in [0.2, 0.25) is 0 Å². The molecule has 8 nitrogen and oxygen atoms in total. The maximum atomic E-state index is 11.1. The molecule has 2 aromatic carbocycles. The van der Waals surface area contributed by atoms with Crippen molar-refractivity contribution in [2.24, 2.45) is 10.2 Å². The van der Waals surface area contributed by atoms with Crippen LogP contribution in [0.5, 0.6) is 0 Å². The van der Waals surface area contributed by atoms with Gasteiger partial charge in [0.25, 0.3) is 5.69 Å². The number of nitrogens with zero attached hydrogens (tertiary/aromatic N) is 2. The van der Waals surface area contributed by atoms with Gasteiger partial charge in [-0.05, 0) is 24.3 Å². The van der Waals surface area contributed by atoms with Crippen LogP contribution in [0.25, 0.3) is 0 Å². The highest BCUT2D eigenvalue weighted by atomic mass is 32.2. The second-order valence-corrected chi connectivity index (χ2v) is 5.85. The summed E-state index contributed by atoms with van der Waals surface area (Å²) in [6.07, 6.45) is 1.42. The molecule has 0 saturated carbocycles. The maximum Gasteiger partial charge on any atom is 0.270 e. The predicted molar refractivity (Wildman–Crippen MR) is 82.1 cm³/mol. The molecule has 0 unspecified atom stereocenters. The number of rotatable bonds is 5. The van der Waals surface area contributed by atoms with Crippen LogP contribution in [0.1, 0.15) is 5.56 Å². The van der Waals surface area contributed by atoms with E-state index in [-0.39, 0.29) is 10.6 Å². The largest absolute Gasteiger partial charge is 0.279 e. The molecule has 2 aromatic rings. The fourth-order valence-corrected chi connectivity index (χ4v) is 2.13. The quantitative estimate of drug-likeness (QED) is 0.492. The number of hydrazone groups is 1. The van der Waals surface area contributed by atoms with Crippen LogP contribution >= 0.6 is 0 Å². The molecule has 0 aromatic heterocycles. The maximum absolute atomic E-state index is 11.1. The lowest BCUT2D eigenvalue weighted by Crippen LogP contribution is -2.11. The molecule has 0 aliphatic carbocycles. The van der Waals surface area contributed by atoms with Crippen LogP contribution in [-0.2, 0) is 10.0 Å². The molecule has 9 heteroatoms. The monoisotopic (exact) mass is 320 g/mol. The van der Waals surface area contributed by atoms with E-state index in [0.29, 0.717) is 11.3 Å². The minimum absolute atomic E-state index is 0.000661. The molecule has 114 valence electrons. The number of hydrogen-bond acceptors (Lipinski definition) is 6. The van der Waals surface area contributed by atoms with Crippen molar-refractivity contribution >= 4 is 27.6 Å². The van der Waals surface area contributed by atoms with Crippen molar-refractivity contribution in [3.8, 4) is 0 Å². The minimum Gasteiger partial charge on any atom is -0.279 e. The van der Waals surface area contributed by atoms with Crippen LogP contribution in [0.4, 0.5) is 11.4 Å². The second-order valence-electron chi connectivity index (χ2n) is 4.29. The third-order valence-electron chi connectivity index (χ3n) is 2.67. The average Bonchev–Trinajstić information content (AvgIpc) is 2.47. The lowest BCUT2D eigenvalue weighted by atomic mass is 10.2. The summed E-state index contributed by atoms with van der Waals surface area (Å²) in [5.41, 5.74) is 3.77. The van der Waals surface area contributed by atoms with Gasteiger partial charge in [0.05, 0.1) is 21.7 Å². The normalized spacial score (nSPS) is 11.5. The molecule has 0 bridgehead atoms. The summed E-state index contributed by atoms with van der Waals surface area (Å²) in [6.45, 7) is 0. The molecule has 2 rings (SSSR count). The predicted octanol–water partition coefficient (Wildman–Crippen LogP) is 1.69. The zero-order valence-corrected chi connectivity index (χ0v) is 12.0. The number of nitrogens with two attached hydrogens (primary N) is 1. The van der Waals surface area contributed by atoms with E-state index < -0.39 is 14.9 Å². The Morgan fingerprint density at radius 3 is 2.45 bits per heavy atom. The number of non-ortho nitro benzene ring substituents is 1. The number of hydrogen-bond donors (Lipinski definition) is 2. The van der Waals surface area contributed by atoms with Gasteiger partial charge >= 0.3 is 0 Å². The Bertz CT molecular complexity index is 816. The van der Waals surface area contributed by atoms with Gasteiger partial charge in [-0.25, -0.2) is 13.6 Å². The second kappa shape index (κ2) is 6.33. The van der Waals surface area contributed by atoms with Gasteiger partial charge in [0.15, 0.2) is 0 Å². The van der Waals surface area contributed by atoms with Crippen molar-refractivity contribution in [2.45, 2.75) is 4.90 Å². The third-order valence-corrected chi connectivity index (χ3v) is 3.60. The number of primary sulfonamides is 1. The number of nitro groups is 1. The number of benzene rings is 2. The van der Waals surface area contributed by atoms with Crippen molar-refractivity contribution in [2.75, 3.05) is 5.43 Å². The van der Waals surface area contributed by atoms with E-state index >= 15 is 0 Å². The van der Waals surface area contributed by atoms with Crippen molar-refractivity contribution < 1.29 is 13.3 Å². The van der Waals surface area contributed by atoms with E-state index in [2.05, 4.69) is 10.5 Å². The zero-order valence-electron chi connectivity index (χ0n) is 11.2. The smallest absolute Gasteiger partial charge is 0.270 e. The fourth-order valence-electron chi connectivity index (χ4n) is 1.62. The van der Waals surface area contributed by atoms with Gasteiger partial charge in [-0.1, -0.05) is 12.1 Å². The van der Waals surface area contributed by atoms with E-state index in [0.717, 1.165) is 0 Å². The van der Waals surface area contributed by atoms with Crippen molar-refractivity contribution in [3.05, 3.63) is 64.2 Å². The summed E-state index contributed by atoms with van der Waals surface area (Å²) < 4.78 is 22.2. The topological polar surface area (TPSA) is 128 Å². The minimum atomic E-state index is -3.73. The van der Waals surface area contributed by atoms with Crippen LogP contribution in [-0.4, -0.2) is 19.6 Å². The first kappa shape index (κ1) is 15.6. The Morgan fingerprint density at radius 2 is 1.86 bits per heavy atom. The molecule has 0 fully saturated rings. The number of sulfonamides is 1. The lowest BCUT2D eigenvalue weighted by molar-refractivity contribution is -0.384. The van der Waals surface area contributed by atoms with Crippen LogP contribution in [0.3, 0.4) is 0 Å². The van der Waals surface area contributed by atoms with E-state index in [1.54, 1.807) is 12.1 Å². The van der Waals surface area contributed by atoms with Gasteiger partial charge in [0.1, 0.15) is 0 Å². The molecule has 3 N–H and O–H groups in total. The van der Waals surface area contributed by atoms with Crippen molar-refractivity contribution in [3.63, 3.8) is 0 Å². The van der Waals surface area contributed by atoms with E-state index in [4.69, 9.17) is 5.14 Å². The molecular weight excluding hydrogens is 308 g/mol. The molecule has 0 radical (unpaired) electrons. The van der Waals surface area contributed by atoms with E-state index in [9.17, 15) is 18.5 Å². The first-order chi connectivity index (χ1) is 10.4. The first-order valence-electron chi connectivity index (χ1n) is 6.03. The molecule has 0 aliphatic rings. The lowest BCUT2D eigenvalue weighted by Gasteiger charge is -2.02. The Balaban J connectivity index is 2.06. The Morgan fingerprint density at radius 1 is 1.18 bits per heavy atom. The summed E-state index contributed by atoms with van der Waals surface area (Å²) >= 11 is 0. The molecule has 0 atom stereocenters. The van der Waals surface area contributed by atoms with Gasteiger partial charge in [-0.2, -0.15) is 5.10 Å². The first-order valence-corrected chi connectivity index (χ1v) is 7.57. The van der Waals surface area contributed by atoms with Gasteiger partial charge in [0, 0.05) is 17.7 Å². The Kier molecular flexibility index (Phi) is 4.49. The van der Waals surface area contributed by atoms with Gasteiger partial charge in [-0.15, -0.1) is 0 Å². The summed E-state index contributed by atoms with van der Waals surface area (Å²) in [6, 6.07) is 11.7. The van der Waals surface area contributed by atoms with Crippen molar-refractivity contribution in [1.82, 2.24) is 0 Å². The summed E-state index contributed by atoms with van der Waals surface area (Å²) in [7, 11) is -3.73. The molecular formula is C13H12N4O4S. The molecule has 0 amide bonds. The highest BCUT2D eigenvalue weighted by Gasteiger charge is 2.06. The molecule has 0 saturated heterocycles. The molecule has 0 aliphatic heterocycles. The zero-order chi connectivity index (χ0) is 16.2. The molecule has 22 heavy (non-hydrogen) atoms. The van der Waals surface area contributed by atoms with E-state index in [1.807, 2.05) is 0 Å². The van der Waals surface area contributed by atoms with Crippen LogP contribution in [0, 0.1) is 10.1 Å². The third kappa shape index (κ3) is 4.11.